The van der Waals surface area contributed by atoms with E-state index < -0.39 is 25.0 Å². The van der Waals surface area contributed by atoms with Gasteiger partial charge >= 0.3 is 29.6 Å². The molecule has 1 aromatic carbocycles. The first-order chi connectivity index (χ1) is 10.4. The number of aryl methyl sites for hydroxylation is 1. The van der Waals surface area contributed by atoms with Crippen molar-refractivity contribution in [2.24, 2.45) is 0 Å². The Hall–Kier alpha value is -0.330. The molecule has 0 radical (unpaired) electrons. The van der Waals surface area contributed by atoms with Gasteiger partial charge in [0.2, 0.25) is 10.0 Å². The first kappa shape index (κ1) is 21.7. The minimum Gasteiger partial charge on any atom is -0.744 e. The monoisotopic (exact) mass is 421 g/mol. The summed E-state index contributed by atoms with van der Waals surface area (Å²) in [6.45, 7) is 1.62. The van der Waals surface area contributed by atoms with E-state index in [-0.39, 0.29) is 51.1 Å². The first-order valence-electron chi connectivity index (χ1n) is 5.88. The summed E-state index contributed by atoms with van der Waals surface area (Å²) in [7, 11) is -8.38. The molecule has 1 heterocycles. The van der Waals surface area contributed by atoms with Crippen LogP contribution < -0.4 is 34.3 Å². The summed E-state index contributed by atoms with van der Waals surface area (Å²) in [5.74, 6) is 0.0840. The molecule has 24 heavy (non-hydrogen) atoms. The Morgan fingerprint density at radius 3 is 2.21 bits per heavy atom. The predicted molar refractivity (Wildman–Crippen MR) is 84.8 cm³/mol. The van der Waals surface area contributed by atoms with Crippen LogP contribution in [0.15, 0.2) is 23.1 Å². The van der Waals surface area contributed by atoms with Crippen molar-refractivity contribution in [2.75, 3.05) is 11.0 Å². The Morgan fingerprint density at radius 2 is 1.71 bits per heavy atom. The van der Waals surface area contributed by atoms with E-state index in [0.717, 1.165) is 23.1 Å². The molecule has 0 amide bonds. The minimum atomic E-state index is -4.80. The van der Waals surface area contributed by atoms with Gasteiger partial charge in [-0.05, 0) is 19.1 Å². The maximum atomic E-state index is 11.4. The van der Waals surface area contributed by atoms with E-state index in [1.165, 1.54) is 6.07 Å². The van der Waals surface area contributed by atoms with Gasteiger partial charge in [0.1, 0.15) is 15.9 Å². The standard InChI is InChI=1S/C11H11Cl2N3O5S2.Na/c1-6-3-11(15-22(2,17)18)16(14-6)9-4-8(13)10(5-7(9)12)23(19,20)21;/h3-5,15H,1-2H3,(H,19,20,21);/q;+1/p-1. The number of sulfonamides is 1. The predicted octanol–water partition coefficient (Wildman–Crippen LogP) is -1.23. The van der Waals surface area contributed by atoms with Crippen LogP contribution in [0, 0.1) is 6.92 Å². The third kappa shape index (κ3) is 5.09. The van der Waals surface area contributed by atoms with Gasteiger partial charge in [-0.3, -0.25) is 4.72 Å². The zero-order valence-corrected chi connectivity index (χ0v) is 17.9. The number of benzene rings is 1. The molecule has 126 valence electrons. The molecular formula is C11H10Cl2N3NaO5S2. The summed E-state index contributed by atoms with van der Waals surface area (Å²) in [5.41, 5.74) is 0.590. The number of aromatic nitrogens is 2. The van der Waals surface area contributed by atoms with Gasteiger partial charge in [-0.2, -0.15) is 5.10 Å². The molecular weight excluding hydrogens is 412 g/mol. The van der Waals surface area contributed by atoms with Crippen molar-refractivity contribution in [2.45, 2.75) is 11.8 Å². The smallest absolute Gasteiger partial charge is 0.744 e. The van der Waals surface area contributed by atoms with Crippen LogP contribution in [0.1, 0.15) is 5.69 Å². The van der Waals surface area contributed by atoms with Crippen molar-refractivity contribution in [1.82, 2.24) is 9.78 Å². The molecule has 13 heteroatoms. The van der Waals surface area contributed by atoms with Crippen LogP contribution in [-0.4, -0.2) is 37.4 Å². The van der Waals surface area contributed by atoms with Gasteiger partial charge in [0.25, 0.3) is 0 Å². The van der Waals surface area contributed by atoms with E-state index in [9.17, 15) is 21.4 Å². The largest absolute Gasteiger partial charge is 1.00 e. The summed E-state index contributed by atoms with van der Waals surface area (Å²) in [6.07, 6.45) is 0.960. The molecule has 0 fully saturated rings. The SMILES string of the molecule is Cc1cc(NS(C)(=O)=O)n(-c2cc(Cl)c(S(=O)(=O)[O-])cc2Cl)n1.[Na+]. The number of nitrogens with one attached hydrogen (secondary N) is 1. The molecule has 2 rings (SSSR count). The summed E-state index contributed by atoms with van der Waals surface area (Å²) < 4.78 is 59.5. The van der Waals surface area contributed by atoms with Crippen molar-refractivity contribution in [3.8, 4) is 5.69 Å². The molecule has 0 saturated carbocycles. The maximum absolute atomic E-state index is 11.4. The van der Waals surface area contributed by atoms with Crippen LogP contribution in [0.4, 0.5) is 5.82 Å². The van der Waals surface area contributed by atoms with E-state index in [0.29, 0.717) is 5.69 Å². The van der Waals surface area contributed by atoms with Gasteiger partial charge in [-0.1, -0.05) is 23.2 Å². The molecule has 0 aliphatic heterocycles. The number of hydrogen-bond acceptors (Lipinski definition) is 6. The molecule has 2 aromatic rings. The van der Waals surface area contributed by atoms with Crippen molar-refractivity contribution < 1.29 is 50.9 Å². The number of hydrogen-bond donors (Lipinski definition) is 1. The Kier molecular flexibility index (Phi) is 6.79. The molecule has 0 atom stereocenters. The minimum absolute atomic E-state index is 0. The summed E-state index contributed by atoms with van der Waals surface area (Å²) in [6, 6.07) is 3.46. The van der Waals surface area contributed by atoms with Gasteiger partial charge in [-0.15, -0.1) is 0 Å². The average molecular weight is 422 g/mol. The Labute approximate surface area is 171 Å². The van der Waals surface area contributed by atoms with Crippen LogP contribution >= 0.6 is 23.2 Å². The van der Waals surface area contributed by atoms with E-state index in [2.05, 4.69) is 9.82 Å². The van der Waals surface area contributed by atoms with Crippen LogP contribution in [0.5, 0.6) is 0 Å². The molecule has 0 saturated heterocycles. The topological polar surface area (TPSA) is 121 Å². The van der Waals surface area contributed by atoms with Crippen LogP contribution in [0.25, 0.3) is 5.69 Å². The van der Waals surface area contributed by atoms with Crippen LogP contribution in [0.3, 0.4) is 0 Å². The molecule has 0 aliphatic rings. The van der Waals surface area contributed by atoms with E-state index in [1.54, 1.807) is 6.92 Å². The quantitative estimate of drug-likeness (QED) is 0.487. The third-order valence-electron chi connectivity index (χ3n) is 2.62. The van der Waals surface area contributed by atoms with Gasteiger partial charge in [-0.25, -0.2) is 21.5 Å². The fourth-order valence-electron chi connectivity index (χ4n) is 1.82. The van der Waals surface area contributed by atoms with Gasteiger partial charge in [0.05, 0.1) is 32.6 Å². The van der Waals surface area contributed by atoms with Crippen molar-refractivity contribution in [3.05, 3.63) is 33.9 Å². The maximum Gasteiger partial charge on any atom is 1.00 e. The third-order valence-corrected chi connectivity index (χ3v) is 4.80. The zero-order valence-electron chi connectivity index (χ0n) is 12.7. The first-order valence-corrected chi connectivity index (χ1v) is 9.94. The normalized spacial score (nSPS) is 11.9. The zero-order chi connectivity index (χ0) is 17.6. The van der Waals surface area contributed by atoms with Crippen LogP contribution in [0.2, 0.25) is 10.0 Å². The average Bonchev–Trinajstić information content (AvgIpc) is 2.68. The molecule has 0 spiro atoms. The van der Waals surface area contributed by atoms with Gasteiger partial charge < -0.3 is 4.55 Å². The number of nitrogens with zero attached hydrogens (tertiary/aromatic N) is 2. The summed E-state index contributed by atoms with van der Waals surface area (Å²) in [4.78, 5) is -0.672. The Bertz CT molecular complexity index is 989. The fourth-order valence-corrected chi connectivity index (χ4v) is 3.65. The van der Waals surface area contributed by atoms with Gasteiger partial charge in [0, 0.05) is 6.07 Å². The van der Waals surface area contributed by atoms with Crippen LogP contribution in [-0.2, 0) is 20.1 Å². The molecule has 0 bridgehead atoms. The van der Waals surface area contributed by atoms with Gasteiger partial charge in [0.15, 0.2) is 0 Å². The number of anilines is 1. The van der Waals surface area contributed by atoms with E-state index >= 15 is 0 Å². The summed E-state index contributed by atoms with van der Waals surface area (Å²) >= 11 is 11.8. The molecule has 1 aromatic heterocycles. The number of rotatable bonds is 4. The summed E-state index contributed by atoms with van der Waals surface area (Å²) in [5, 5.41) is 3.59. The van der Waals surface area contributed by atoms with E-state index in [1.807, 2.05) is 0 Å². The molecule has 8 nitrogen and oxygen atoms in total. The molecule has 0 unspecified atom stereocenters. The Balaban J connectivity index is 0.00000288. The van der Waals surface area contributed by atoms with E-state index in [4.69, 9.17) is 23.2 Å². The second-order valence-corrected chi connectivity index (χ2v) is 8.56. The Morgan fingerprint density at radius 1 is 1.12 bits per heavy atom. The fraction of sp³-hybridized carbons (Fsp3) is 0.182. The van der Waals surface area contributed by atoms with Crippen molar-refractivity contribution >= 4 is 49.2 Å². The second-order valence-electron chi connectivity index (χ2n) is 4.65. The number of halogens is 2. The molecule has 1 N–H and O–H groups in total. The van der Waals surface area contributed by atoms with Crippen molar-refractivity contribution in [3.63, 3.8) is 0 Å². The second kappa shape index (κ2) is 7.50. The molecule has 0 aliphatic carbocycles. The van der Waals surface area contributed by atoms with Crippen molar-refractivity contribution in [1.29, 1.82) is 0 Å².